The Morgan fingerprint density at radius 1 is 1.33 bits per heavy atom. The molecule has 0 spiro atoms. The Labute approximate surface area is 124 Å². The molecule has 0 bridgehead atoms. The number of nitrogens with one attached hydrogen (secondary N) is 2. The number of anilines is 1. The molecule has 1 aromatic carbocycles. The van der Waals surface area contributed by atoms with Gasteiger partial charge in [0.25, 0.3) is 0 Å². The molecule has 1 rings (SSSR count). The molecule has 4 heteroatoms. The van der Waals surface area contributed by atoms with Crippen LogP contribution in [-0.2, 0) is 0 Å². The molecule has 0 aliphatic heterocycles. The van der Waals surface area contributed by atoms with Gasteiger partial charge in [-0.15, -0.1) is 0 Å². The molecule has 0 heterocycles. The van der Waals surface area contributed by atoms with Crippen molar-refractivity contribution in [1.82, 2.24) is 5.32 Å². The molecule has 0 amide bonds. The molecule has 2 N–H and O–H groups in total. The van der Waals surface area contributed by atoms with E-state index in [9.17, 15) is 0 Å². The Morgan fingerprint density at radius 3 is 2.39 bits per heavy atom. The van der Waals surface area contributed by atoms with Crippen LogP contribution in [0.15, 0.2) is 16.6 Å². The second-order valence-electron chi connectivity index (χ2n) is 4.70. The molecule has 0 aromatic heterocycles. The molecule has 0 aliphatic carbocycles. The van der Waals surface area contributed by atoms with Crippen molar-refractivity contribution in [3.05, 3.63) is 27.7 Å². The Kier molecular flexibility index (Phi) is 6.09. The zero-order valence-corrected chi connectivity index (χ0v) is 13.8. The van der Waals surface area contributed by atoms with E-state index in [4.69, 9.17) is 12.2 Å². The minimum atomic E-state index is 0.408. The lowest BCUT2D eigenvalue weighted by Gasteiger charge is -2.18. The van der Waals surface area contributed by atoms with Crippen molar-refractivity contribution in [1.29, 1.82) is 0 Å². The first-order chi connectivity index (χ1) is 8.43. The van der Waals surface area contributed by atoms with Gasteiger partial charge in [0, 0.05) is 16.2 Å². The first-order valence-electron chi connectivity index (χ1n) is 6.28. The summed E-state index contributed by atoms with van der Waals surface area (Å²) >= 11 is 8.84. The van der Waals surface area contributed by atoms with Crippen molar-refractivity contribution in [3.8, 4) is 0 Å². The summed E-state index contributed by atoms with van der Waals surface area (Å²) in [4.78, 5) is 0. The van der Waals surface area contributed by atoms with E-state index in [0.29, 0.717) is 11.2 Å². The van der Waals surface area contributed by atoms with E-state index < -0.39 is 0 Å². The lowest BCUT2D eigenvalue weighted by Crippen LogP contribution is -2.36. The van der Waals surface area contributed by atoms with Gasteiger partial charge in [-0.05, 0) is 62.7 Å². The van der Waals surface area contributed by atoms with Crippen LogP contribution in [0.25, 0.3) is 0 Å². The van der Waals surface area contributed by atoms with Crippen molar-refractivity contribution in [2.45, 2.75) is 46.6 Å². The van der Waals surface area contributed by atoms with Gasteiger partial charge in [-0.3, -0.25) is 0 Å². The number of aryl methyl sites for hydroxylation is 2. The van der Waals surface area contributed by atoms with Gasteiger partial charge in [0.2, 0.25) is 0 Å². The molecule has 0 saturated carbocycles. The fraction of sp³-hybridized carbons (Fsp3) is 0.500. The summed E-state index contributed by atoms with van der Waals surface area (Å²) in [6.07, 6.45) is 2.28. The number of halogens is 1. The lowest BCUT2D eigenvalue weighted by molar-refractivity contribution is 0.599. The third kappa shape index (κ3) is 4.58. The van der Waals surface area contributed by atoms with Crippen LogP contribution < -0.4 is 10.6 Å². The quantitative estimate of drug-likeness (QED) is 0.793. The van der Waals surface area contributed by atoms with Crippen LogP contribution in [-0.4, -0.2) is 11.2 Å². The van der Waals surface area contributed by atoms with Crippen molar-refractivity contribution in [2.75, 3.05) is 5.32 Å². The van der Waals surface area contributed by atoms with E-state index in [1.165, 1.54) is 11.1 Å². The lowest BCUT2D eigenvalue weighted by atomic mass is 10.1. The normalized spacial score (nSPS) is 12.1. The molecule has 0 saturated heterocycles. The first kappa shape index (κ1) is 15.4. The molecule has 0 aliphatic rings. The maximum atomic E-state index is 5.34. The number of hydrogen-bond donors (Lipinski definition) is 2. The summed E-state index contributed by atoms with van der Waals surface area (Å²) in [7, 11) is 0. The van der Waals surface area contributed by atoms with Gasteiger partial charge in [0.15, 0.2) is 5.11 Å². The number of hydrogen-bond acceptors (Lipinski definition) is 1. The fourth-order valence-corrected chi connectivity index (χ4v) is 2.98. The molecule has 0 fully saturated rings. The van der Waals surface area contributed by atoms with Gasteiger partial charge in [0.1, 0.15) is 0 Å². The van der Waals surface area contributed by atoms with Crippen molar-refractivity contribution >= 4 is 38.9 Å². The standard InChI is InChI=1S/C14H21BrN2S/c1-5-6-11(4)16-14(18)17-13-9(2)7-12(15)8-10(13)3/h7-8,11H,5-6H2,1-4H3,(H2,16,17,18). The third-order valence-electron chi connectivity index (χ3n) is 2.84. The predicted octanol–water partition coefficient (Wildman–Crippen LogP) is 4.54. The van der Waals surface area contributed by atoms with E-state index in [1.54, 1.807) is 0 Å². The molecule has 0 radical (unpaired) electrons. The molecule has 1 aromatic rings. The molecule has 100 valence electrons. The number of thiocarbonyl (C=S) groups is 1. The predicted molar refractivity (Wildman–Crippen MR) is 87.3 cm³/mol. The largest absolute Gasteiger partial charge is 0.360 e. The molecule has 1 atom stereocenters. The summed E-state index contributed by atoms with van der Waals surface area (Å²) in [5, 5.41) is 7.30. The summed E-state index contributed by atoms with van der Waals surface area (Å²) in [6, 6.07) is 4.59. The summed E-state index contributed by atoms with van der Waals surface area (Å²) in [6.45, 7) is 8.49. The molecule has 18 heavy (non-hydrogen) atoms. The first-order valence-corrected chi connectivity index (χ1v) is 7.48. The van der Waals surface area contributed by atoms with Crippen LogP contribution in [0.4, 0.5) is 5.69 Å². The Balaban J connectivity index is 2.70. The second kappa shape index (κ2) is 7.10. The van der Waals surface area contributed by atoms with Crippen molar-refractivity contribution < 1.29 is 0 Å². The van der Waals surface area contributed by atoms with Crippen LogP contribution >= 0.6 is 28.1 Å². The summed E-state index contributed by atoms with van der Waals surface area (Å²) < 4.78 is 1.10. The minimum absolute atomic E-state index is 0.408. The van der Waals surface area contributed by atoms with E-state index in [2.05, 4.69) is 66.4 Å². The molecular weight excluding hydrogens is 308 g/mol. The van der Waals surface area contributed by atoms with Crippen molar-refractivity contribution in [3.63, 3.8) is 0 Å². The average molecular weight is 329 g/mol. The molecule has 1 unspecified atom stereocenters. The monoisotopic (exact) mass is 328 g/mol. The third-order valence-corrected chi connectivity index (χ3v) is 3.51. The Bertz CT molecular complexity index is 409. The van der Waals surface area contributed by atoms with Crippen LogP contribution in [0.1, 0.15) is 37.8 Å². The number of benzene rings is 1. The smallest absolute Gasteiger partial charge is 0.171 e. The minimum Gasteiger partial charge on any atom is -0.360 e. The van der Waals surface area contributed by atoms with E-state index >= 15 is 0 Å². The van der Waals surface area contributed by atoms with E-state index in [1.807, 2.05) is 0 Å². The maximum Gasteiger partial charge on any atom is 0.171 e. The summed E-state index contributed by atoms with van der Waals surface area (Å²) in [5.74, 6) is 0. The highest BCUT2D eigenvalue weighted by molar-refractivity contribution is 9.10. The topological polar surface area (TPSA) is 24.1 Å². The van der Waals surface area contributed by atoms with Crippen LogP contribution in [0.2, 0.25) is 0 Å². The van der Waals surface area contributed by atoms with E-state index in [-0.39, 0.29) is 0 Å². The second-order valence-corrected chi connectivity index (χ2v) is 6.03. The van der Waals surface area contributed by atoms with Crippen LogP contribution in [0.3, 0.4) is 0 Å². The highest BCUT2D eigenvalue weighted by atomic mass is 79.9. The molecule has 2 nitrogen and oxygen atoms in total. The fourth-order valence-electron chi connectivity index (χ4n) is 1.99. The van der Waals surface area contributed by atoms with Gasteiger partial charge in [-0.1, -0.05) is 29.3 Å². The zero-order valence-electron chi connectivity index (χ0n) is 11.4. The zero-order chi connectivity index (χ0) is 13.7. The maximum absolute atomic E-state index is 5.34. The van der Waals surface area contributed by atoms with E-state index in [0.717, 1.165) is 23.0 Å². The van der Waals surface area contributed by atoms with Gasteiger partial charge in [-0.25, -0.2) is 0 Å². The van der Waals surface area contributed by atoms with Gasteiger partial charge < -0.3 is 10.6 Å². The van der Waals surface area contributed by atoms with Gasteiger partial charge in [-0.2, -0.15) is 0 Å². The Hall–Kier alpha value is -0.610. The Morgan fingerprint density at radius 2 is 1.89 bits per heavy atom. The highest BCUT2D eigenvalue weighted by Gasteiger charge is 2.08. The van der Waals surface area contributed by atoms with Gasteiger partial charge in [0.05, 0.1) is 0 Å². The van der Waals surface area contributed by atoms with Crippen LogP contribution in [0.5, 0.6) is 0 Å². The number of rotatable bonds is 4. The van der Waals surface area contributed by atoms with Crippen LogP contribution in [0, 0.1) is 13.8 Å². The van der Waals surface area contributed by atoms with Crippen molar-refractivity contribution in [2.24, 2.45) is 0 Å². The SMILES string of the molecule is CCCC(C)NC(=S)Nc1c(C)cc(Br)cc1C. The average Bonchev–Trinajstić information content (AvgIpc) is 2.23. The molecular formula is C14H21BrN2S. The summed E-state index contributed by atoms with van der Waals surface area (Å²) in [5.41, 5.74) is 3.47. The highest BCUT2D eigenvalue weighted by Crippen LogP contribution is 2.25. The van der Waals surface area contributed by atoms with Gasteiger partial charge >= 0.3 is 0 Å².